The van der Waals surface area contributed by atoms with Crippen LogP contribution in [0.4, 0.5) is 8.78 Å². The van der Waals surface area contributed by atoms with Crippen LogP contribution in [0.1, 0.15) is 26.3 Å². The smallest absolute Gasteiger partial charge is 0.190 e. The molecule has 0 aliphatic rings. The molecule has 20 heavy (non-hydrogen) atoms. The fourth-order valence-electron chi connectivity index (χ4n) is 2.11. The van der Waals surface area contributed by atoms with E-state index in [9.17, 15) is 13.6 Å². The summed E-state index contributed by atoms with van der Waals surface area (Å²) in [5, 5.41) is 0. The van der Waals surface area contributed by atoms with Gasteiger partial charge in [0.25, 0.3) is 0 Å². The quantitative estimate of drug-likeness (QED) is 0.758. The zero-order chi connectivity index (χ0) is 14.9. The molecule has 0 bridgehead atoms. The van der Waals surface area contributed by atoms with Gasteiger partial charge in [0, 0.05) is 22.8 Å². The van der Waals surface area contributed by atoms with Crippen molar-refractivity contribution in [1.29, 1.82) is 0 Å². The minimum atomic E-state index is -0.729. The maximum Gasteiger partial charge on any atom is 0.190 e. The van der Waals surface area contributed by atoms with Crippen LogP contribution >= 0.6 is 0 Å². The fraction of sp³-hybridized carbons (Fsp3) is 0.235. The highest BCUT2D eigenvalue weighted by Crippen LogP contribution is 2.24. The predicted molar refractivity (Wildman–Crippen MR) is 76.8 cm³/mol. The van der Waals surface area contributed by atoms with E-state index in [-0.39, 0.29) is 22.0 Å². The van der Waals surface area contributed by atoms with Crippen LogP contribution in [0, 0.1) is 11.6 Å². The number of rotatable bonds is 1. The molecule has 0 fully saturated rings. The highest BCUT2D eigenvalue weighted by atomic mass is 19.1. The molecule has 2 aromatic rings. The molecule has 1 nitrogen and oxygen atoms in total. The largest absolute Gasteiger partial charge is 0.289 e. The molecule has 2 aromatic carbocycles. The van der Waals surface area contributed by atoms with E-state index in [1.165, 1.54) is 6.07 Å². The molecule has 0 amide bonds. The van der Waals surface area contributed by atoms with Crippen LogP contribution in [0.15, 0.2) is 47.3 Å². The van der Waals surface area contributed by atoms with Gasteiger partial charge >= 0.3 is 0 Å². The van der Waals surface area contributed by atoms with E-state index in [1.54, 1.807) is 24.3 Å². The van der Waals surface area contributed by atoms with Crippen molar-refractivity contribution in [3.8, 4) is 11.1 Å². The Morgan fingerprint density at radius 3 is 2.15 bits per heavy atom. The van der Waals surface area contributed by atoms with Crippen molar-refractivity contribution >= 4 is 0 Å². The number of benzene rings is 1. The maximum absolute atomic E-state index is 13.9. The molecule has 0 aliphatic heterocycles. The first-order valence-electron chi connectivity index (χ1n) is 6.40. The third-order valence-corrected chi connectivity index (χ3v) is 3.16. The average molecular weight is 274 g/mol. The lowest BCUT2D eigenvalue weighted by Crippen LogP contribution is -2.22. The van der Waals surface area contributed by atoms with Crippen molar-refractivity contribution in [2.75, 3.05) is 0 Å². The Balaban J connectivity index is 2.77. The Morgan fingerprint density at radius 1 is 0.900 bits per heavy atom. The molecule has 0 radical (unpaired) electrons. The molecule has 0 saturated carbocycles. The number of hydrogen-bond acceptors (Lipinski definition) is 1. The zero-order valence-electron chi connectivity index (χ0n) is 11.7. The van der Waals surface area contributed by atoms with Gasteiger partial charge in [0.05, 0.1) is 0 Å². The minimum Gasteiger partial charge on any atom is -0.289 e. The summed E-state index contributed by atoms with van der Waals surface area (Å²) in [5.41, 5.74) is 0.395. The van der Waals surface area contributed by atoms with Crippen LogP contribution < -0.4 is 5.43 Å². The lowest BCUT2D eigenvalue weighted by atomic mass is 9.86. The Kier molecular flexibility index (Phi) is 3.71. The van der Waals surface area contributed by atoms with E-state index in [0.717, 1.165) is 12.1 Å². The SMILES string of the molecule is CC(C)(C)c1ccccc(-c2ccc(F)cc2F)c1=O. The summed E-state index contributed by atoms with van der Waals surface area (Å²) in [6.07, 6.45) is 0. The van der Waals surface area contributed by atoms with Crippen LogP contribution in [-0.2, 0) is 5.41 Å². The van der Waals surface area contributed by atoms with Gasteiger partial charge in [-0.05, 0) is 17.5 Å². The van der Waals surface area contributed by atoms with E-state index in [1.807, 2.05) is 20.8 Å². The predicted octanol–water partition coefficient (Wildman–Crippen LogP) is 4.29. The summed E-state index contributed by atoms with van der Waals surface area (Å²) in [6.45, 7) is 5.78. The molecule has 0 aromatic heterocycles. The molecule has 104 valence electrons. The highest BCUT2D eigenvalue weighted by molar-refractivity contribution is 5.64. The molecular formula is C17H16F2O. The van der Waals surface area contributed by atoms with Crippen molar-refractivity contribution in [3.63, 3.8) is 0 Å². The first-order chi connectivity index (χ1) is 9.30. The molecule has 3 heteroatoms. The summed E-state index contributed by atoms with van der Waals surface area (Å²) in [7, 11) is 0. The molecule has 0 atom stereocenters. The molecule has 0 aliphatic carbocycles. The van der Waals surface area contributed by atoms with Gasteiger partial charge in [-0.25, -0.2) is 8.78 Å². The van der Waals surface area contributed by atoms with Crippen LogP contribution in [0.5, 0.6) is 0 Å². The van der Waals surface area contributed by atoms with Crippen LogP contribution in [0.2, 0.25) is 0 Å². The van der Waals surface area contributed by atoms with E-state index in [2.05, 4.69) is 0 Å². The average Bonchev–Trinajstić information content (AvgIpc) is 2.51. The van der Waals surface area contributed by atoms with Gasteiger partial charge in [0.2, 0.25) is 0 Å². The third-order valence-electron chi connectivity index (χ3n) is 3.16. The summed E-state index contributed by atoms with van der Waals surface area (Å²) in [6, 6.07) is 10.00. The zero-order valence-corrected chi connectivity index (χ0v) is 11.7. The fourth-order valence-corrected chi connectivity index (χ4v) is 2.11. The van der Waals surface area contributed by atoms with Gasteiger partial charge < -0.3 is 0 Å². The van der Waals surface area contributed by atoms with Gasteiger partial charge in [-0.2, -0.15) is 0 Å². The first-order valence-corrected chi connectivity index (χ1v) is 6.40. The molecule has 0 heterocycles. The van der Waals surface area contributed by atoms with Crippen molar-refractivity contribution < 1.29 is 8.78 Å². The number of hydrogen-bond donors (Lipinski definition) is 0. The van der Waals surface area contributed by atoms with Crippen molar-refractivity contribution in [3.05, 3.63) is 69.9 Å². The van der Waals surface area contributed by atoms with Crippen molar-refractivity contribution in [2.24, 2.45) is 0 Å². The first kappa shape index (κ1) is 14.4. The van der Waals surface area contributed by atoms with E-state index < -0.39 is 11.6 Å². The van der Waals surface area contributed by atoms with Crippen LogP contribution in [0.25, 0.3) is 11.1 Å². The second-order valence-electron chi connectivity index (χ2n) is 5.75. The Bertz CT molecular complexity index is 700. The Morgan fingerprint density at radius 2 is 1.55 bits per heavy atom. The Labute approximate surface area is 116 Å². The van der Waals surface area contributed by atoms with Crippen LogP contribution in [-0.4, -0.2) is 0 Å². The van der Waals surface area contributed by atoms with Gasteiger partial charge in [0.1, 0.15) is 11.6 Å². The molecule has 2 rings (SSSR count). The summed E-state index contributed by atoms with van der Waals surface area (Å²) in [4.78, 5) is 12.6. The highest BCUT2D eigenvalue weighted by Gasteiger charge is 2.19. The molecule has 0 unspecified atom stereocenters. The van der Waals surface area contributed by atoms with Crippen molar-refractivity contribution in [1.82, 2.24) is 0 Å². The van der Waals surface area contributed by atoms with Gasteiger partial charge in [-0.15, -0.1) is 0 Å². The standard InChI is InChI=1S/C17H16F2O/c1-17(2,3)14-7-5-4-6-13(16(14)20)12-9-8-11(18)10-15(12)19/h4-10H,1-3H3. The van der Waals surface area contributed by atoms with Gasteiger partial charge in [0.15, 0.2) is 5.43 Å². The monoisotopic (exact) mass is 274 g/mol. The lowest BCUT2D eigenvalue weighted by molar-refractivity contribution is 0.582. The van der Waals surface area contributed by atoms with Gasteiger partial charge in [-0.1, -0.05) is 45.0 Å². The van der Waals surface area contributed by atoms with Crippen LogP contribution in [0.3, 0.4) is 0 Å². The van der Waals surface area contributed by atoms with E-state index in [4.69, 9.17) is 0 Å². The summed E-state index contributed by atoms with van der Waals surface area (Å²) >= 11 is 0. The summed E-state index contributed by atoms with van der Waals surface area (Å²) < 4.78 is 26.9. The normalized spacial score (nSPS) is 11.4. The minimum absolute atomic E-state index is 0.123. The second kappa shape index (κ2) is 5.16. The Hall–Kier alpha value is -2.03. The molecule has 0 saturated heterocycles. The van der Waals surface area contributed by atoms with E-state index in [0.29, 0.717) is 5.56 Å². The molecule has 0 N–H and O–H groups in total. The molecule has 0 spiro atoms. The number of halogens is 2. The topological polar surface area (TPSA) is 17.1 Å². The van der Waals surface area contributed by atoms with Gasteiger partial charge in [-0.3, -0.25) is 4.79 Å². The van der Waals surface area contributed by atoms with Crippen molar-refractivity contribution in [2.45, 2.75) is 26.2 Å². The third kappa shape index (κ3) is 2.77. The van der Waals surface area contributed by atoms with E-state index >= 15 is 0 Å². The second-order valence-corrected chi connectivity index (χ2v) is 5.75. The lowest BCUT2D eigenvalue weighted by Gasteiger charge is -2.17. The maximum atomic E-state index is 13.9. The molecular weight excluding hydrogens is 258 g/mol. The summed E-state index contributed by atoms with van der Waals surface area (Å²) in [5.74, 6) is -1.39.